The number of hydrogen-bond donors (Lipinski definition) is 2. The Morgan fingerprint density at radius 1 is 0.443 bits per heavy atom. The first kappa shape index (κ1) is 59.2. The van der Waals surface area contributed by atoms with E-state index < -0.39 is 5.97 Å². The molecule has 0 saturated carbocycles. The molecule has 0 bridgehead atoms. The second-order valence-corrected chi connectivity index (χ2v) is 15.8. The molecule has 0 aromatic rings. The lowest BCUT2D eigenvalue weighted by atomic mass is 9.96. The van der Waals surface area contributed by atoms with Crippen LogP contribution in [0.15, 0.2) is 0 Å². The van der Waals surface area contributed by atoms with E-state index in [1.54, 1.807) is 7.11 Å². The van der Waals surface area contributed by atoms with Crippen molar-refractivity contribution in [3.8, 4) is 0 Å². The summed E-state index contributed by atoms with van der Waals surface area (Å²) in [5, 5.41) is 5.74. The summed E-state index contributed by atoms with van der Waals surface area (Å²) in [5.74, 6) is -0.0179. The normalized spacial score (nSPS) is 12.0. The quantitative estimate of drug-likeness (QED) is 0.0460. The SMILES string of the molecule is CCCCCCCCOCC(COCCOCCOCCOCCOC(=O)CNCC(=O)CNCCOC)OCCCCCCCC(=O)OCC(CCCCC)CCCCC. The minimum Gasteiger partial charge on any atom is -0.465 e. The zero-order valence-corrected chi connectivity index (χ0v) is 39.4. The van der Waals surface area contributed by atoms with Crippen molar-refractivity contribution in [2.75, 3.05) is 126 Å². The fourth-order valence-electron chi connectivity index (χ4n) is 6.36. The fourth-order valence-corrected chi connectivity index (χ4v) is 6.36. The lowest BCUT2D eigenvalue weighted by Crippen LogP contribution is -2.35. The Morgan fingerprint density at radius 3 is 1.57 bits per heavy atom. The van der Waals surface area contributed by atoms with Crippen LogP contribution in [0.2, 0.25) is 0 Å². The average Bonchev–Trinajstić information content (AvgIpc) is 3.25. The van der Waals surface area contributed by atoms with Gasteiger partial charge < -0.3 is 53.3 Å². The topological polar surface area (TPSA) is 158 Å². The number of esters is 2. The number of carbonyl (C=O) groups excluding carboxylic acids is 3. The first-order chi connectivity index (χ1) is 30.0. The Kier molecular flexibility index (Phi) is 47.9. The highest BCUT2D eigenvalue weighted by molar-refractivity contribution is 5.83. The van der Waals surface area contributed by atoms with Crippen LogP contribution in [-0.4, -0.2) is 150 Å². The molecule has 362 valence electrons. The van der Waals surface area contributed by atoms with Gasteiger partial charge in [-0.3, -0.25) is 14.4 Å². The maximum atomic E-state index is 12.4. The van der Waals surface area contributed by atoms with Gasteiger partial charge in [0.15, 0.2) is 5.78 Å². The van der Waals surface area contributed by atoms with Gasteiger partial charge in [0, 0.05) is 33.3 Å². The van der Waals surface area contributed by atoms with Gasteiger partial charge in [-0.2, -0.15) is 0 Å². The van der Waals surface area contributed by atoms with Crippen LogP contribution >= 0.6 is 0 Å². The van der Waals surface area contributed by atoms with Gasteiger partial charge in [0.2, 0.25) is 0 Å². The first-order valence-corrected chi connectivity index (χ1v) is 24.2. The summed E-state index contributed by atoms with van der Waals surface area (Å²) < 4.78 is 50.4. The van der Waals surface area contributed by atoms with Crippen molar-refractivity contribution in [3.05, 3.63) is 0 Å². The zero-order chi connectivity index (χ0) is 44.5. The summed E-state index contributed by atoms with van der Waals surface area (Å²) in [6.07, 6.45) is 22.5. The summed E-state index contributed by atoms with van der Waals surface area (Å²) in [6, 6.07) is 0. The summed E-state index contributed by atoms with van der Waals surface area (Å²) in [7, 11) is 1.60. The Hall–Kier alpha value is -1.75. The molecule has 0 aliphatic rings. The number of methoxy groups -OCH3 is 1. The Balaban J connectivity index is 4.04. The van der Waals surface area contributed by atoms with Crippen LogP contribution in [0.3, 0.4) is 0 Å². The molecule has 0 radical (unpaired) electrons. The van der Waals surface area contributed by atoms with Gasteiger partial charge >= 0.3 is 11.9 Å². The molecule has 0 aliphatic carbocycles. The van der Waals surface area contributed by atoms with Crippen molar-refractivity contribution in [2.24, 2.45) is 5.92 Å². The molecule has 0 aromatic heterocycles. The maximum absolute atomic E-state index is 12.4. The van der Waals surface area contributed by atoms with Crippen molar-refractivity contribution >= 4 is 17.7 Å². The highest BCUT2D eigenvalue weighted by Crippen LogP contribution is 2.19. The Morgan fingerprint density at radius 2 is 0.951 bits per heavy atom. The van der Waals surface area contributed by atoms with E-state index >= 15 is 0 Å². The molecule has 61 heavy (non-hydrogen) atoms. The van der Waals surface area contributed by atoms with Crippen molar-refractivity contribution in [3.63, 3.8) is 0 Å². The van der Waals surface area contributed by atoms with Crippen molar-refractivity contribution < 1.29 is 57.0 Å². The number of Topliss-reactive ketones (excluding diaryl/α,β-unsaturated/α-hetero) is 1. The number of rotatable bonds is 51. The van der Waals surface area contributed by atoms with E-state index in [9.17, 15) is 14.4 Å². The number of nitrogens with one attached hydrogen (secondary N) is 2. The van der Waals surface area contributed by atoms with E-state index in [-0.39, 0.29) is 50.7 Å². The fraction of sp³-hybridized carbons (Fsp3) is 0.936. The third-order valence-electron chi connectivity index (χ3n) is 10.0. The average molecular weight is 877 g/mol. The molecule has 0 fully saturated rings. The van der Waals surface area contributed by atoms with E-state index in [1.165, 1.54) is 83.5 Å². The predicted molar refractivity (Wildman–Crippen MR) is 241 cm³/mol. The lowest BCUT2D eigenvalue weighted by Gasteiger charge is -2.18. The molecule has 0 heterocycles. The van der Waals surface area contributed by atoms with Crippen LogP contribution < -0.4 is 10.6 Å². The Labute approximate surface area is 371 Å². The van der Waals surface area contributed by atoms with Crippen molar-refractivity contribution in [2.45, 2.75) is 155 Å². The second kappa shape index (κ2) is 49.3. The molecule has 0 spiro atoms. The standard InChI is InChI=1S/C47H92N2O12/c1-5-8-11-12-15-20-26-57-41-45(59-27-21-16-13-14-19-24-46(51)61-40-43(22-17-9-6-2)23-18-10-7-3)42-58-34-33-55-30-29-54-31-32-56-35-36-60-47(52)39-49-38-44(50)37-48-25-28-53-4/h43,45,48-49H,5-42H2,1-4H3. The van der Waals surface area contributed by atoms with Crippen LogP contribution in [0.1, 0.15) is 149 Å². The molecule has 14 heteroatoms. The van der Waals surface area contributed by atoms with Crippen molar-refractivity contribution in [1.82, 2.24) is 10.6 Å². The van der Waals surface area contributed by atoms with Gasteiger partial charge in [-0.25, -0.2) is 0 Å². The number of carbonyl (C=O) groups is 3. The van der Waals surface area contributed by atoms with Crippen LogP contribution in [0.4, 0.5) is 0 Å². The maximum Gasteiger partial charge on any atom is 0.320 e. The molecule has 0 amide bonds. The molecule has 0 aromatic carbocycles. The Bertz CT molecular complexity index is 937. The molecule has 0 saturated heterocycles. The minimum atomic E-state index is -0.440. The molecule has 0 rings (SSSR count). The molecule has 1 unspecified atom stereocenters. The van der Waals surface area contributed by atoms with Crippen LogP contribution in [-0.2, 0) is 57.0 Å². The zero-order valence-electron chi connectivity index (χ0n) is 39.4. The largest absolute Gasteiger partial charge is 0.465 e. The first-order valence-electron chi connectivity index (χ1n) is 24.2. The number of ketones is 1. The van der Waals surface area contributed by atoms with E-state index in [4.69, 9.17) is 42.6 Å². The van der Waals surface area contributed by atoms with Gasteiger partial charge in [-0.05, 0) is 38.0 Å². The lowest BCUT2D eigenvalue weighted by molar-refractivity contribution is -0.145. The van der Waals surface area contributed by atoms with Gasteiger partial charge in [-0.1, -0.05) is 111 Å². The number of hydrogen-bond acceptors (Lipinski definition) is 14. The minimum absolute atomic E-state index is 0.0389. The van der Waals surface area contributed by atoms with E-state index in [0.29, 0.717) is 91.6 Å². The summed E-state index contributed by atoms with van der Waals surface area (Å²) >= 11 is 0. The predicted octanol–water partition coefficient (Wildman–Crippen LogP) is 7.41. The molecule has 0 aliphatic heterocycles. The summed E-state index contributed by atoms with van der Waals surface area (Å²) in [6.45, 7) is 14.0. The van der Waals surface area contributed by atoms with Gasteiger partial charge in [0.05, 0.1) is 92.3 Å². The van der Waals surface area contributed by atoms with Crippen LogP contribution in [0.25, 0.3) is 0 Å². The van der Waals surface area contributed by atoms with E-state index in [2.05, 4.69) is 31.4 Å². The van der Waals surface area contributed by atoms with E-state index in [0.717, 1.165) is 45.1 Å². The summed E-state index contributed by atoms with van der Waals surface area (Å²) in [4.78, 5) is 35.9. The monoisotopic (exact) mass is 877 g/mol. The summed E-state index contributed by atoms with van der Waals surface area (Å²) in [5.41, 5.74) is 0. The molecular formula is C47H92N2O12. The molecular weight excluding hydrogens is 785 g/mol. The molecule has 2 N–H and O–H groups in total. The number of ether oxygens (including phenoxy) is 9. The molecule has 1 atom stereocenters. The highest BCUT2D eigenvalue weighted by Gasteiger charge is 2.13. The van der Waals surface area contributed by atoms with Gasteiger partial charge in [-0.15, -0.1) is 0 Å². The molecule has 14 nitrogen and oxygen atoms in total. The van der Waals surface area contributed by atoms with E-state index in [1.807, 2.05) is 0 Å². The third-order valence-corrected chi connectivity index (χ3v) is 10.0. The van der Waals surface area contributed by atoms with Gasteiger partial charge in [0.25, 0.3) is 0 Å². The second-order valence-electron chi connectivity index (χ2n) is 15.8. The van der Waals surface area contributed by atoms with Gasteiger partial charge in [0.1, 0.15) is 12.7 Å². The third kappa shape index (κ3) is 46.1. The van der Waals surface area contributed by atoms with Crippen LogP contribution in [0, 0.1) is 5.92 Å². The number of unbranched alkanes of at least 4 members (excludes halogenated alkanes) is 13. The van der Waals surface area contributed by atoms with Crippen molar-refractivity contribution in [1.29, 1.82) is 0 Å². The van der Waals surface area contributed by atoms with Crippen LogP contribution in [0.5, 0.6) is 0 Å². The highest BCUT2D eigenvalue weighted by atomic mass is 16.6. The smallest absolute Gasteiger partial charge is 0.320 e.